The van der Waals surface area contributed by atoms with Crippen molar-refractivity contribution in [3.05, 3.63) is 35.4 Å². The van der Waals surface area contributed by atoms with E-state index in [1.165, 1.54) is 44.8 Å². The number of hydrogen-bond acceptors (Lipinski definition) is 7. The number of likely N-dealkylation sites (tertiary alicyclic amines) is 1. The van der Waals surface area contributed by atoms with Crippen LogP contribution in [0.15, 0.2) is 29.3 Å². The lowest BCUT2D eigenvalue weighted by Gasteiger charge is -2.32. The molecule has 2 aromatic rings. The number of aromatic nitrogens is 1. The van der Waals surface area contributed by atoms with Gasteiger partial charge in [-0.15, -0.1) is 0 Å². The lowest BCUT2D eigenvalue weighted by molar-refractivity contribution is -0.137. The number of aromatic hydroxyl groups is 1. The van der Waals surface area contributed by atoms with Crippen LogP contribution in [0.3, 0.4) is 0 Å². The summed E-state index contributed by atoms with van der Waals surface area (Å²) in [6.07, 6.45) is 14.4. The van der Waals surface area contributed by atoms with E-state index in [0.29, 0.717) is 44.0 Å². The second-order valence-electron chi connectivity index (χ2n) is 17.2. The Hall–Kier alpha value is -3.15. The first-order valence-electron chi connectivity index (χ1n) is 19.7. The maximum Gasteiger partial charge on any atom is 0.253 e. The van der Waals surface area contributed by atoms with Gasteiger partial charge in [0.15, 0.2) is 0 Å². The van der Waals surface area contributed by atoms with E-state index in [0.717, 1.165) is 101 Å². The van der Waals surface area contributed by atoms with Crippen LogP contribution in [0.5, 0.6) is 5.75 Å². The molecule has 4 N–H and O–H groups in total. The van der Waals surface area contributed by atoms with Crippen molar-refractivity contribution in [3.63, 3.8) is 0 Å². The molecular weight excluding hydrogens is 689 g/mol. The highest BCUT2D eigenvalue weighted by Gasteiger charge is 2.31. The van der Waals surface area contributed by atoms with E-state index in [1.807, 2.05) is 6.07 Å². The van der Waals surface area contributed by atoms with Crippen molar-refractivity contribution < 1.29 is 29.8 Å². The van der Waals surface area contributed by atoms with E-state index in [9.17, 15) is 24.3 Å². The van der Waals surface area contributed by atoms with Crippen LogP contribution in [0.1, 0.15) is 136 Å². The molecule has 1 fully saturated rings. The van der Waals surface area contributed by atoms with Crippen LogP contribution in [0.4, 0.5) is 0 Å². The molecule has 0 bridgehead atoms. The number of piperidine rings is 1. The lowest BCUT2D eigenvalue weighted by Crippen LogP contribution is -2.35. The number of hydrogen-bond donors (Lipinski definition) is 3. The number of imide groups is 1. The molecule has 0 atom stereocenters. The van der Waals surface area contributed by atoms with E-state index in [2.05, 4.69) is 62.8 Å². The van der Waals surface area contributed by atoms with Crippen molar-refractivity contribution in [2.75, 3.05) is 26.2 Å². The Balaban J connectivity index is 0.00000756. The quantitative estimate of drug-likeness (QED) is 0.0552. The number of Topliss-reactive ketones (excluding diaryl/α,β-unsaturated/α-hetero) is 1. The zero-order valence-electron chi connectivity index (χ0n) is 33.2. The third-order valence-electron chi connectivity index (χ3n) is 10.1. The number of phenolic OH excluding ortho intramolecular Hbond substituents is 1. The monoisotopic (exact) mass is 754 g/mol. The number of phenols is 1. The topological polar surface area (TPSA) is 153 Å². The van der Waals surface area contributed by atoms with Gasteiger partial charge in [-0.05, 0) is 109 Å². The summed E-state index contributed by atoms with van der Waals surface area (Å²) in [7, 11) is 0. The van der Waals surface area contributed by atoms with Crippen LogP contribution < -0.4 is 5.32 Å². The summed E-state index contributed by atoms with van der Waals surface area (Å²) in [6.45, 7) is 17.5. The number of carbonyl (C=O) groups is 4. The second-order valence-corrected chi connectivity index (χ2v) is 19.3. The molecule has 1 aromatic carbocycles. The number of carbonyl (C=O) groups excluding carboxylic acids is 4. The highest BCUT2D eigenvalue weighted by molar-refractivity contribution is 7.80. The maximum atomic E-state index is 12.4. The molecular formula is C42H66N4O6S. The van der Waals surface area contributed by atoms with Crippen molar-refractivity contribution >= 4 is 46.2 Å². The first-order valence-corrected chi connectivity index (χ1v) is 20.6. The minimum absolute atomic E-state index is 0. The number of benzene rings is 1. The third kappa shape index (κ3) is 14.5. The van der Waals surface area contributed by atoms with Crippen molar-refractivity contribution in [1.29, 1.82) is 0 Å². The molecule has 1 saturated heterocycles. The van der Waals surface area contributed by atoms with Crippen molar-refractivity contribution in [2.24, 2.45) is 11.3 Å². The van der Waals surface area contributed by atoms with Gasteiger partial charge in [0.2, 0.25) is 10.9 Å². The highest BCUT2D eigenvalue weighted by Crippen LogP contribution is 2.37. The molecule has 1 aromatic heterocycles. The zero-order valence-corrected chi connectivity index (χ0v) is 34.1. The summed E-state index contributed by atoms with van der Waals surface area (Å²) >= 11 is 1.27. The number of unbranched alkanes of at least 4 members (excludes halogenated alkanes) is 5. The molecule has 3 amide bonds. The van der Waals surface area contributed by atoms with Gasteiger partial charge in [-0.2, -0.15) is 0 Å². The van der Waals surface area contributed by atoms with Gasteiger partial charge in [0.1, 0.15) is 16.3 Å². The average molecular weight is 755 g/mol. The molecule has 0 unspecified atom stereocenters. The fraction of sp³-hybridized carbons (Fsp3) is 0.667. The number of ketones is 1. The van der Waals surface area contributed by atoms with Crippen LogP contribution in [-0.4, -0.2) is 79.8 Å². The number of rotatable bonds is 20. The summed E-state index contributed by atoms with van der Waals surface area (Å²) in [5.41, 5.74) is 3.61. The lowest BCUT2D eigenvalue weighted by atomic mass is 9.88. The van der Waals surface area contributed by atoms with Crippen molar-refractivity contribution in [2.45, 2.75) is 148 Å². The first-order chi connectivity index (χ1) is 24.6. The van der Waals surface area contributed by atoms with E-state index >= 15 is 0 Å². The van der Waals surface area contributed by atoms with Crippen LogP contribution in [-0.2, 0) is 43.9 Å². The summed E-state index contributed by atoms with van der Waals surface area (Å²) in [4.78, 5) is 55.3. The van der Waals surface area contributed by atoms with Gasteiger partial charge in [0.05, 0.1) is 5.52 Å². The molecule has 4 rings (SSSR count). The minimum atomic E-state index is -0.248. The van der Waals surface area contributed by atoms with Gasteiger partial charge in [0, 0.05) is 79.3 Å². The molecule has 10 nitrogen and oxygen atoms in total. The normalized spacial score (nSPS) is 15.8. The van der Waals surface area contributed by atoms with Crippen LogP contribution >= 0.6 is 0 Å². The van der Waals surface area contributed by atoms with E-state index in [-0.39, 0.29) is 39.1 Å². The Bertz CT molecular complexity index is 1540. The number of thiol groups is 1. The number of H-pyrrole nitrogens is 1. The molecule has 0 saturated carbocycles. The van der Waals surface area contributed by atoms with Gasteiger partial charge >= 0.3 is 0 Å². The van der Waals surface area contributed by atoms with Gasteiger partial charge in [-0.3, -0.25) is 29.0 Å². The fourth-order valence-corrected chi connectivity index (χ4v) is 8.49. The second kappa shape index (κ2) is 20.5. The molecule has 11 heteroatoms. The van der Waals surface area contributed by atoms with Gasteiger partial charge < -0.3 is 20.9 Å². The Kier molecular flexibility index (Phi) is 17.1. The molecule has 0 spiro atoms. The fourth-order valence-electron chi connectivity index (χ4n) is 7.32. The van der Waals surface area contributed by atoms with E-state index in [1.54, 1.807) is 0 Å². The Morgan fingerprint density at radius 3 is 2.08 bits per heavy atom. The third-order valence-corrected chi connectivity index (χ3v) is 11.4. The Morgan fingerprint density at radius 2 is 1.47 bits per heavy atom. The minimum Gasteiger partial charge on any atom is -0.870 e. The number of aromatic amines is 1. The van der Waals surface area contributed by atoms with Gasteiger partial charge in [-0.1, -0.05) is 40.0 Å². The van der Waals surface area contributed by atoms with E-state index < -0.39 is 0 Å². The predicted octanol–water partition coefficient (Wildman–Crippen LogP) is 7.37. The molecule has 0 radical (unpaired) electrons. The number of fused-ring (bicyclic) bond motifs is 1. The molecule has 2 aliphatic rings. The smallest absolute Gasteiger partial charge is 0.253 e. The van der Waals surface area contributed by atoms with Crippen molar-refractivity contribution in [1.82, 2.24) is 20.1 Å². The van der Waals surface area contributed by atoms with Crippen LogP contribution in [0, 0.1) is 11.3 Å². The molecule has 3 heterocycles. The standard InChI is InChI=1S/C42H64N4O5S.H2O/c1-41(2,3)28-33-32-17-18-35(48)34(39(32)44-40(33)52-42(4,5)6)29-45-26-22-30(23-27-45)21-24-43-36(49)16-12-8-7-10-14-31(47)15-11-9-13-25-46-37(50)19-20-38(46)51;/h17-20,30,44,48H,7-16,21-29H2,1-6H3,(H,43,49);1H2. The summed E-state index contributed by atoms with van der Waals surface area (Å²) < 4.78 is 0.130. The summed E-state index contributed by atoms with van der Waals surface area (Å²) in [5.74, 6) is 0.846. The SMILES string of the molecule is CC(C)(C)Cc1c([SH+]C(C)(C)C)[nH]c2c(CN3CCC(CCNC(=O)CCCCCCC(=O)CCCCCN4C(=O)C=CC4=O)CC3)c(O)ccc12.[OH-]. The molecule has 0 aliphatic carbocycles. The molecule has 296 valence electrons. The molecule has 2 aliphatic heterocycles. The largest absolute Gasteiger partial charge is 0.870 e. The predicted molar refractivity (Wildman–Crippen MR) is 215 cm³/mol. The number of amides is 3. The van der Waals surface area contributed by atoms with Gasteiger partial charge in [-0.25, -0.2) is 0 Å². The summed E-state index contributed by atoms with van der Waals surface area (Å²) in [5, 5.41) is 16.6. The number of nitrogens with zero attached hydrogens (tertiary/aromatic N) is 2. The Labute approximate surface area is 321 Å². The Morgan fingerprint density at radius 1 is 0.868 bits per heavy atom. The number of nitrogens with one attached hydrogen (secondary N) is 2. The summed E-state index contributed by atoms with van der Waals surface area (Å²) in [6, 6.07) is 3.97. The zero-order chi connectivity index (χ0) is 37.9. The van der Waals surface area contributed by atoms with E-state index in [4.69, 9.17) is 0 Å². The maximum absolute atomic E-state index is 12.4. The van der Waals surface area contributed by atoms with Crippen LogP contribution in [0.2, 0.25) is 0 Å². The first kappa shape index (κ1) is 44.2. The molecule has 53 heavy (non-hydrogen) atoms. The van der Waals surface area contributed by atoms with Crippen LogP contribution in [0.25, 0.3) is 10.9 Å². The highest BCUT2D eigenvalue weighted by atomic mass is 32.2. The van der Waals surface area contributed by atoms with Crippen molar-refractivity contribution in [3.8, 4) is 5.75 Å². The van der Waals surface area contributed by atoms with Gasteiger partial charge in [0.25, 0.3) is 11.8 Å². The average Bonchev–Trinajstić information content (AvgIpc) is 3.56.